The first-order chi connectivity index (χ1) is 14.0. The van der Waals surface area contributed by atoms with Gasteiger partial charge in [0.05, 0.1) is 34.0 Å². The highest BCUT2D eigenvalue weighted by molar-refractivity contribution is 5.89. The minimum atomic E-state index is 0.207. The van der Waals surface area contributed by atoms with Gasteiger partial charge in [-0.3, -0.25) is 0 Å². The lowest BCUT2D eigenvalue weighted by atomic mass is 9.95. The summed E-state index contributed by atoms with van der Waals surface area (Å²) in [5.41, 5.74) is 2.96. The van der Waals surface area contributed by atoms with Crippen LogP contribution in [0, 0.1) is 0 Å². The number of methoxy groups -OCH3 is 4. The molecule has 2 aromatic rings. The number of benzene rings is 2. The van der Waals surface area contributed by atoms with Crippen LogP contribution in [0.2, 0.25) is 0 Å². The first-order valence-corrected chi connectivity index (χ1v) is 8.86. The van der Waals surface area contributed by atoms with Crippen LogP contribution in [0.4, 0.5) is 0 Å². The number of fused-ring (bicyclic) bond motifs is 1. The van der Waals surface area contributed by atoms with Gasteiger partial charge < -0.3 is 28.4 Å². The predicted molar refractivity (Wildman–Crippen MR) is 112 cm³/mol. The monoisotopic (exact) mass is 396 g/mol. The van der Waals surface area contributed by atoms with Crippen molar-refractivity contribution in [3.8, 4) is 28.7 Å². The Balaban J connectivity index is 2.11. The van der Waals surface area contributed by atoms with Crippen LogP contribution in [0.1, 0.15) is 11.1 Å². The van der Waals surface area contributed by atoms with Crippen molar-refractivity contribution in [1.82, 2.24) is 0 Å². The standard InChI is InChI=1S/C23H24O6/c1-14(16-7-8-20-23(9-16)29-13-28-20)18(15(2)24-3)12-19-21(26-5)10-17(25-4)11-22(19)27-6/h7-12H,1-2,13H2,3-6H3/b18-12-. The van der Waals surface area contributed by atoms with E-state index in [1.807, 2.05) is 24.3 Å². The van der Waals surface area contributed by atoms with E-state index in [0.717, 1.165) is 5.56 Å². The summed E-state index contributed by atoms with van der Waals surface area (Å²) in [4.78, 5) is 0. The van der Waals surface area contributed by atoms with E-state index in [1.165, 1.54) is 0 Å². The molecular formula is C23H24O6. The van der Waals surface area contributed by atoms with Crippen molar-refractivity contribution in [2.45, 2.75) is 0 Å². The van der Waals surface area contributed by atoms with E-state index in [9.17, 15) is 0 Å². The number of ether oxygens (including phenoxy) is 6. The van der Waals surface area contributed by atoms with Crippen molar-refractivity contribution in [2.75, 3.05) is 35.2 Å². The highest BCUT2D eigenvalue weighted by Gasteiger charge is 2.19. The number of rotatable bonds is 8. The van der Waals surface area contributed by atoms with Crippen LogP contribution in [0.5, 0.6) is 28.7 Å². The summed E-state index contributed by atoms with van der Waals surface area (Å²) in [5.74, 6) is 3.62. The van der Waals surface area contributed by atoms with Crippen molar-refractivity contribution in [3.05, 3.63) is 65.9 Å². The number of hydrogen-bond acceptors (Lipinski definition) is 6. The second kappa shape index (κ2) is 8.65. The molecule has 29 heavy (non-hydrogen) atoms. The zero-order chi connectivity index (χ0) is 21.0. The van der Waals surface area contributed by atoms with Crippen molar-refractivity contribution < 1.29 is 28.4 Å². The van der Waals surface area contributed by atoms with Gasteiger partial charge in [0.15, 0.2) is 11.5 Å². The topological polar surface area (TPSA) is 55.4 Å². The van der Waals surface area contributed by atoms with Crippen LogP contribution in [0.25, 0.3) is 11.6 Å². The van der Waals surface area contributed by atoms with E-state index in [0.29, 0.717) is 51.2 Å². The van der Waals surface area contributed by atoms with E-state index in [1.54, 1.807) is 40.6 Å². The molecule has 0 spiro atoms. The van der Waals surface area contributed by atoms with E-state index in [2.05, 4.69) is 13.2 Å². The smallest absolute Gasteiger partial charge is 0.231 e. The molecule has 0 N–H and O–H groups in total. The van der Waals surface area contributed by atoms with Gasteiger partial charge in [-0.2, -0.15) is 0 Å². The number of allylic oxidation sites excluding steroid dienone is 1. The van der Waals surface area contributed by atoms with Crippen molar-refractivity contribution in [2.24, 2.45) is 0 Å². The molecular weight excluding hydrogens is 372 g/mol. The van der Waals surface area contributed by atoms with Crippen LogP contribution < -0.4 is 23.7 Å². The Morgan fingerprint density at radius 1 is 0.897 bits per heavy atom. The SMILES string of the molecule is C=C(OC)/C(=C\c1c(OC)cc(OC)cc1OC)C(=C)c1ccc2c(c1)OCO2. The summed E-state index contributed by atoms with van der Waals surface area (Å²) in [6, 6.07) is 9.21. The third kappa shape index (κ3) is 4.01. The Bertz CT molecular complexity index is 948. The van der Waals surface area contributed by atoms with Crippen molar-refractivity contribution in [1.29, 1.82) is 0 Å². The molecule has 1 heterocycles. The van der Waals surface area contributed by atoms with Crippen LogP contribution in [0.15, 0.2) is 54.8 Å². The summed E-state index contributed by atoms with van der Waals surface area (Å²) < 4.78 is 32.7. The average molecular weight is 396 g/mol. The zero-order valence-electron chi connectivity index (χ0n) is 17.0. The van der Waals surface area contributed by atoms with Crippen LogP contribution in [0.3, 0.4) is 0 Å². The number of hydrogen-bond donors (Lipinski definition) is 0. The molecule has 0 unspecified atom stereocenters. The van der Waals surface area contributed by atoms with Gasteiger partial charge in [0.2, 0.25) is 6.79 Å². The Labute approximate surface area is 170 Å². The van der Waals surface area contributed by atoms with Gasteiger partial charge in [-0.25, -0.2) is 0 Å². The molecule has 3 rings (SSSR count). The second-order valence-corrected chi connectivity index (χ2v) is 6.18. The van der Waals surface area contributed by atoms with Gasteiger partial charge in [0, 0.05) is 17.7 Å². The second-order valence-electron chi connectivity index (χ2n) is 6.18. The zero-order valence-corrected chi connectivity index (χ0v) is 17.0. The fraction of sp³-hybridized carbons (Fsp3) is 0.217. The lowest BCUT2D eigenvalue weighted by Gasteiger charge is -2.17. The first-order valence-electron chi connectivity index (χ1n) is 8.86. The molecule has 1 aliphatic heterocycles. The molecule has 6 heteroatoms. The van der Waals surface area contributed by atoms with E-state index in [4.69, 9.17) is 28.4 Å². The van der Waals surface area contributed by atoms with Crippen molar-refractivity contribution in [3.63, 3.8) is 0 Å². The molecule has 2 aromatic carbocycles. The van der Waals surface area contributed by atoms with Crippen LogP contribution >= 0.6 is 0 Å². The third-order valence-electron chi connectivity index (χ3n) is 4.63. The fourth-order valence-corrected chi connectivity index (χ4v) is 3.00. The quantitative estimate of drug-likeness (QED) is 0.476. The van der Waals surface area contributed by atoms with Gasteiger partial charge in [0.1, 0.15) is 23.0 Å². The third-order valence-corrected chi connectivity index (χ3v) is 4.63. The summed E-state index contributed by atoms with van der Waals surface area (Å²) in [6.07, 6.45) is 1.87. The Morgan fingerprint density at radius 3 is 2.14 bits per heavy atom. The van der Waals surface area contributed by atoms with Crippen molar-refractivity contribution >= 4 is 11.6 Å². The molecule has 1 aliphatic rings. The summed E-state index contributed by atoms with van der Waals surface area (Å²) >= 11 is 0. The summed E-state index contributed by atoms with van der Waals surface area (Å²) in [6.45, 7) is 8.48. The Hall–Kier alpha value is -3.54. The van der Waals surface area contributed by atoms with E-state index in [-0.39, 0.29) is 6.79 Å². The lowest BCUT2D eigenvalue weighted by molar-refractivity contribution is 0.174. The predicted octanol–water partition coefficient (Wildman–Crippen LogP) is 4.70. The first kappa shape index (κ1) is 20.2. The Kier molecular flexibility index (Phi) is 6.02. The minimum absolute atomic E-state index is 0.207. The van der Waals surface area contributed by atoms with Crippen LogP contribution in [-0.4, -0.2) is 35.2 Å². The van der Waals surface area contributed by atoms with Gasteiger partial charge in [-0.15, -0.1) is 0 Å². The molecule has 0 radical (unpaired) electrons. The molecule has 152 valence electrons. The molecule has 0 saturated heterocycles. The molecule has 0 bridgehead atoms. The fourth-order valence-electron chi connectivity index (χ4n) is 3.00. The Morgan fingerprint density at radius 2 is 1.55 bits per heavy atom. The normalized spacial score (nSPS) is 12.3. The highest BCUT2D eigenvalue weighted by atomic mass is 16.7. The maximum atomic E-state index is 5.55. The molecule has 0 saturated carbocycles. The summed E-state index contributed by atoms with van der Waals surface area (Å²) in [5, 5.41) is 0. The molecule has 6 nitrogen and oxygen atoms in total. The van der Waals surface area contributed by atoms with Gasteiger partial charge in [-0.1, -0.05) is 19.2 Å². The highest BCUT2D eigenvalue weighted by Crippen LogP contribution is 2.40. The van der Waals surface area contributed by atoms with Gasteiger partial charge >= 0.3 is 0 Å². The summed E-state index contributed by atoms with van der Waals surface area (Å²) in [7, 11) is 6.32. The lowest BCUT2D eigenvalue weighted by Crippen LogP contribution is -1.99. The van der Waals surface area contributed by atoms with Crippen LogP contribution in [-0.2, 0) is 4.74 Å². The maximum absolute atomic E-state index is 5.55. The molecule has 0 aliphatic carbocycles. The van der Waals surface area contributed by atoms with E-state index < -0.39 is 0 Å². The molecule has 0 amide bonds. The van der Waals surface area contributed by atoms with E-state index >= 15 is 0 Å². The average Bonchev–Trinajstić information content (AvgIpc) is 3.23. The van der Waals surface area contributed by atoms with Gasteiger partial charge in [0.25, 0.3) is 0 Å². The minimum Gasteiger partial charge on any atom is -0.497 e. The largest absolute Gasteiger partial charge is 0.497 e. The molecule has 0 fully saturated rings. The van der Waals surface area contributed by atoms with Gasteiger partial charge in [-0.05, 0) is 29.3 Å². The molecule has 0 atom stereocenters. The molecule has 0 aromatic heterocycles. The maximum Gasteiger partial charge on any atom is 0.231 e.